The first kappa shape index (κ1) is 22.2. The molecule has 0 saturated heterocycles. The van der Waals surface area contributed by atoms with E-state index in [1.54, 1.807) is 6.07 Å². The minimum atomic E-state index is -1.19. The van der Waals surface area contributed by atoms with Crippen molar-refractivity contribution in [2.24, 2.45) is 17.8 Å². The number of hydrogen-bond acceptors (Lipinski definition) is 2. The maximum Gasteiger partial charge on any atom is 0.343 e. The normalized spacial score (nSPS) is 26.0. The summed E-state index contributed by atoms with van der Waals surface area (Å²) in [6.07, 6.45) is 10.9. The van der Waals surface area contributed by atoms with E-state index in [1.165, 1.54) is 44.6 Å². The van der Waals surface area contributed by atoms with Gasteiger partial charge in [0.05, 0.1) is 12.5 Å². The Kier molecular flexibility index (Phi) is 6.59. The van der Waals surface area contributed by atoms with Gasteiger partial charge in [-0.05, 0) is 78.9 Å². The second-order valence-electron chi connectivity index (χ2n) is 9.49. The summed E-state index contributed by atoms with van der Waals surface area (Å²) in [4.78, 5) is 11.7. The van der Waals surface area contributed by atoms with E-state index in [1.807, 2.05) is 0 Å². The van der Waals surface area contributed by atoms with Crippen LogP contribution in [0.1, 0.15) is 86.6 Å². The molecular weight excluding hydrogens is 401 g/mol. The Labute approximate surface area is 182 Å². The van der Waals surface area contributed by atoms with Gasteiger partial charge in [-0.1, -0.05) is 38.7 Å². The van der Waals surface area contributed by atoms with E-state index in [2.05, 4.69) is 11.7 Å². The van der Waals surface area contributed by atoms with Crippen LogP contribution in [-0.4, -0.2) is 13.1 Å². The number of rotatable bonds is 5. The van der Waals surface area contributed by atoms with Gasteiger partial charge in [0.25, 0.3) is 0 Å². The van der Waals surface area contributed by atoms with Gasteiger partial charge in [-0.15, -0.1) is 0 Å². The molecule has 2 aliphatic carbocycles. The van der Waals surface area contributed by atoms with Crippen molar-refractivity contribution in [2.75, 3.05) is 7.11 Å². The largest absolute Gasteiger partial charge is 0.465 e. The maximum absolute atomic E-state index is 14.9. The molecule has 0 N–H and O–H groups in total. The van der Waals surface area contributed by atoms with E-state index in [0.29, 0.717) is 5.92 Å². The van der Waals surface area contributed by atoms with E-state index >= 15 is 0 Å². The molecule has 2 aliphatic rings. The summed E-state index contributed by atoms with van der Waals surface area (Å²) < 4.78 is 48.5. The number of methoxy groups -OCH3 is 1. The highest BCUT2D eigenvalue weighted by Gasteiger charge is 2.36. The maximum atomic E-state index is 14.9. The van der Waals surface area contributed by atoms with Crippen LogP contribution in [0.25, 0.3) is 10.8 Å². The second-order valence-corrected chi connectivity index (χ2v) is 9.49. The summed E-state index contributed by atoms with van der Waals surface area (Å²) in [7, 11) is 1.04. The van der Waals surface area contributed by atoms with Crippen LogP contribution in [0, 0.1) is 35.2 Å². The zero-order valence-electron chi connectivity index (χ0n) is 18.4. The summed E-state index contributed by atoms with van der Waals surface area (Å²) in [5.41, 5.74) is -0.0387. The van der Waals surface area contributed by atoms with Gasteiger partial charge in [-0.25, -0.2) is 18.0 Å². The van der Waals surface area contributed by atoms with Crippen LogP contribution in [0.15, 0.2) is 18.2 Å². The van der Waals surface area contributed by atoms with Crippen molar-refractivity contribution in [1.82, 2.24) is 0 Å². The van der Waals surface area contributed by atoms with Gasteiger partial charge in [-0.2, -0.15) is 0 Å². The molecule has 0 radical (unpaired) electrons. The summed E-state index contributed by atoms with van der Waals surface area (Å²) in [6, 6.07) is 4.12. The van der Waals surface area contributed by atoms with E-state index in [0.717, 1.165) is 49.8 Å². The minimum absolute atomic E-state index is 0.156. The van der Waals surface area contributed by atoms with Crippen molar-refractivity contribution < 1.29 is 22.7 Å². The van der Waals surface area contributed by atoms with Crippen molar-refractivity contribution in [1.29, 1.82) is 0 Å². The van der Waals surface area contributed by atoms with Crippen LogP contribution in [0.3, 0.4) is 0 Å². The number of carbonyl (C=O) groups excluding carboxylic acids is 1. The standard InChI is InChI=1S/C26H31F3O2/c1-3-4-5-15-6-7-17-11-18(9-8-16(17)10-15)19-12-20-14-22(28)24(26(30)31-2)25(29)23(20)21(27)13-19/h12-18H,3-11H2,1-2H3. The molecule has 2 saturated carbocycles. The number of ether oxygens (including phenoxy) is 1. The van der Waals surface area contributed by atoms with Gasteiger partial charge in [-0.3, -0.25) is 0 Å². The number of halogens is 3. The lowest BCUT2D eigenvalue weighted by molar-refractivity contribution is 0.0590. The molecule has 4 atom stereocenters. The van der Waals surface area contributed by atoms with E-state index in [4.69, 9.17) is 0 Å². The summed E-state index contributed by atoms with van der Waals surface area (Å²) in [6.45, 7) is 2.24. The molecule has 4 rings (SSSR count). The van der Waals surface area contributed by atoms with Crippen LogP contribution in [0.5, 0.6) is 0 Å². The monoisotopic (exact) mass is 432 g/mol. The molecule has 2 aromatic rings. The Bertz CT molecular complexity index is 971. The highest BCUT2D eigenvalue weighted by molar-refractivity contribution is 5.96. The second kappa shape index (κ2) is 9.22. The lowest BCUT2D eigenvalue weighted by atomic mass is 9.63. The molecule has 2 fully saturated rings. The first-order valence-corrected chi connectivity index (χ1v) is 11.6. The Morgan fingerprint density at radius 1 is 1.00 bits per heavy atom. The number of hydrogen-bond donors (Lipinski definition) is 0. The third-order valence-corrected chi connectivity index (χ3v) is 7.65. The van der Waals surface area contributed by atoms with Crippen LogP contribution in [0.4, 0.5) is 13.2 Å². The van der Waals surface area contributed by atoms with E-state index in [9.17, 15) is 18.0 Å². The Morgan fingerprint density at radius 3 is 2.48 bits per heavy atom. The Balaban J connectivity index is 1.57. The lowest BCUT2D eigenvalue weighted by Crippen LogP contribution is -2.30. The van der Waals surface area contributed by atoms with E-state index in [-0.39, 0.29) is 16.7 Å². The number of fused-ring (bicyclic) bond motifs is 2. The molecule has 31 heavy (non-hydrogen) atoms. The molecule has 0 amide bonds. The number of benzene rings is 2. The van der Waals surface area contributed by atoms with Gasteiger partial charge in [0.2, 0.25) is 0 Å². The quantitative estimate of drug-likeness (QED) is 0.456. The smallest absolute Gasteiger partial charge is 0.343 e. The Morgan fingerprint density at radius 2 is 1.74 bits per heavy atom. The molecule has 0 aliphatic heterocycles. The van der Waals surface area contributed by atoms with Crippen molar-refractivity contribution in [3.63, 3.8) is 0 Å². The molecule has 0 bridgehead atoms. The molecule has 168 valence electrons. The molecule has 2 aromatic carbocycles. The van der Waals surface area contributed by atoms with Crippen LogP contribution in [0.2, 0.25) is 0 Å². The van der Waals surface area contributed by atoms with Gasteiger partial charge in [0, 0.05) is 0 Å². The van der Waals surface area contributed by atoms with Crippen molar-refractivity contribution >= 4 is 16.7 Å². The number of esters is 1. The molecule has 4 unspecified atom stereocenters. The van der Waals surface area contributed by atoms with Crippen LogP contribution >= 0.6 is 0 Å². The highest BCUT2D eigenvalue weighted by atomic mass is 19.1. The first-order valence-electron chi connectivity index (χ1n) is 11.6. The average Bonchev–Trinajstić information content (AvgIpc) is 2.76. The zero-order valence-corrected chi connectivity index (χ0v) is 18.4. The fourth-order valence-electron chi connectivity index (χ4n) is 6.00. The lowest BCUT2D eigenvalue weighted by Gasteiger charge is -2.42. The predicted octanol–water partition coefficient (Wildman–Crippen LogP) is 7.53. The SMILES string of the molecule is CCCCC1CCC2CC(c3cc(F)c4c(F)c(C(=O)OC)c(F)cc4c3)CCC2C1. The third kappa shape index (κ3) is 4.33. The summed E-state index contributed by atoms with van der Waals surface area (Å²) in [5.74, 6) is -1.64. The molecular formula is C26H31F3O2. The van der Waals surface area contributed by atoms with Crippen LogP contribution < -0.4 is 0 Å². The van der Waals surface area contributed by atoms with E-state index < -0.39 is 29.0 Å². The summed E-state index contributed by atoms with van der Waals surface area (Å²) in [5, 5.41) is -0.196. The number of unbranched alkanes of at least 4 members (excludes halogenated alkanes) is 1. The first-order chi connectivity index (χ1) is 14.9. The molecule has 0 spiro atoms. The molecule has 5 heteroatoms. The molecule has 0 aromatic heterocycles. The molecule has 0 heterocycles. The summed E-state index contributed by atoms with van der Waals surface area (Å²) >= 11 is 0. The zero-order chi connectivity index (χ0) is 22.1. The van der Waals surface area contributed by atoms with Crippen molar-refractivity contribution in [2.45, 2.75) is 70.6 Å². The predicted molar refractivity (Wildman–Crippen MR) is 116 cm³/mol. The van der Waals surface area contributed by atoms with Gasteiger partial charge in [0.1, 0.15) is 17.2 Å². The topological polar surface area (TPSA) is 26.3 Å². The van der Waals surface area contributed by atoms with Gasteiger partial charge >= 0.3 is 5.97 Å². The van der Waals surface area contributed by atoms with Gasteiger partial charge in [0.15, 0.2) is 5.82 Å². The average molecular weight is 433 g/mol. The van der Waals surface area contributed by atoms with Crippen molar-refractivity contribution in [3.05, 3.63) is 46.8 Å². The Hall–Kier alpha value is -2.04. The fraction of sp³-hybridized carbons (Fsp3) is 0.577. The van der Waals surface area contributed by atoms with Crippen molar-refractivity contribution in [3.8, 4) is 0 Å². The molecule has 2 nitrogen and oxygen atoms in total. The van der Waals surface area contributed by atoms with Crippen LogP contribution in [-0.2, 0) is 4.74 Å². The van der Waals surface area contributed by atoms with Gasteiger partial charge < -0.3 is 4.74 Å². The highest BCUT2D eigenvalue weighted by Crippen LogP contribution is 2.49. The minimum Gasteiger partial charge on any atom is -0.465 e. The fourth-order valence-corrected chi connectivity index (χ4v) is 6.00. The number of carbonyl (C=O) groups is 1. The third-order valence-electron chi connectivity index (χ3n) is 7.65.